The Labute approximate surface area is 201 Å². The molecule has 0 atom stereocenters. The lowest BCUT2D eigenvalue weighted by atomic mass is 9.74. The Bertz CT molecular complexity index is 870. The van der Waals surface area contributed by atoms with Crippen LogP contribution in [0.2, 0.25) is 0 Å². The van der Waals surface area contributed by atoms with E-state index >= 15 is 0 Å². The third-order valence-corrected chi connectivity index (χ3v) is 8.30. The number of aryl methyl sites for hydroxylation is 5. The van der Waals surface area contributed by atoms with Crippen LogP contribution < -0.4 is 10.1 Å². The van der Waals surface area contributed by atoms with Crippen LogP contribution in [-0.4, -0.2) is 19.2 Å². The summed E-state index contributed by atoms with van der Waals surface area (Å²) < 4.78 is 6.13. The summed E-state index contributed by atoms with van der Waals surface area (Å²) in [6.07, 6.45) is 9.74. The van der Waals surface area contributed by atoms with Crippen LogP contribution in [0.25, 0.3) is 0 Å². The normalized spacial score (nSPS) is 15.2. The minimum absolute atomic E-state index is 0.471. The molecule has 1 N–H and O–H groups in total. The molecular weight excluding hydrogens is 410 g/mol. The number of ether oxygens (including phenoxy) is 1. The van der Waals surface area contributed by atoms with E-state index in [1.165, 1.54) is 55.2 Å². The first-order chi connectivity index (χ1) is 15.2. The summed E-state index contributed by atoms with van der Waals surface area (Å²) in [5.74, 6) is 1.08. The van der Waals surface area contributed by atoms with Crippen LogP contribution in [0.15, 0.2) is 12.1 Å². The zero-order chi connectivity index (χ0) is 23.3. The molecule has 32 heavy (non-hydrogen) atoms. The zero-order valence-corrected chi connectivity index (χ0v) is 22.4. The van der Waals surface area contributed by atoms with E-state index in [-0.39, 0.29) is 0 Å². The molecule has 0 aliphatic heterocycles. The molecule has 1 aromatic carbocycles. The Morgan fingerprint density at radius 2 is 1.75 bits per heavy atom. The first-order valence-electron chi connectivity index (χ1n) is 12.8. The molecule has 3 heteroatoms. The van der Waals surface area contributed by atoms with Crippen molar-refractivity contribution in [1.82, 2.24) is 5.32 Å². The van der Waals surface area contributed by atoms with Gasteiger partial charge in [0.15, 0.2) is 0 Å². The number of fused-ring (bicyclic) bond motifs is 1. The Kier molecular flexibility index (Phi) is 8.86. The first-order valence-corrected chi connectivity index (χ1v) is 13.6. The van der Waals surface area contributed by atoms with E-state index in [0.29, 0.717) is 11.5 Å². The highest BCUT2D eigenvalue weighted by Gasteiger charge is 2.29. The highest BCUT2D eigenvalue weighted by atomic mass is 32.1. The van der Waals surface area contributed by atoms with E-state index in [4.69, 9.17) is 4.74 Å². The minimum Gasteiger partial charge on any atom is -0.493 e. The van der Waals surface area contributed by atoms with Crippen molar-refractivity contribution in [2.45, 2.75) is 106 Å². The molecule has 0 fully saturated rings. The number of hydrogen-bond acceptors (Lipinski definition) is 3. The van der Waals surface area contributed by atoms with Crippen LogP contribution in [0.3, 0.4) is 0 Å². The highest BCUT2D eigenvalue weighted by Crippen LogP contribution is 2.42. The van der Waals surface area contributed by atoms with Gasteiger partial charge in [-0.2, -0.15) is 0 Å². The van der Waals surface area contributed by atoms with E-state index in [1.54, 1.807) is 20.9 Å². The van der Waals surface area contributed by atoms with Crippen LogP contribution in [0.4, 0.5) is 0 Å². The van der Waals surface area contributed by atoms with Gasteiger partial charge in [-0.15, -0.1) is 11.3 Å². The Balaban J connectivity index is 1.56. The fourth-order valence-corrected chi connectivity index (χ4v) is 6.48. The maximum absolute atomic E-state index is 6.13. The van der Waals surface area contributed by atoms with E-state index in [2.05, 4.69) is 77.3 Å². The van der Waals surface area contributed by atoms with Gasteiger partial charge in [0.25, 0.3) is 0 Å². The number of thiophene rings is 1. The van der Waals surface area contributed by atoms with Gasteiger partial charge in [-0.25, -0.2) is 0 Å². The van der Waals surface area contributed by atoms with Gasteiger partial charge in [0, 0.05) is 15.8 Å². The lowest BCUT2D eigenvalue weighted by Crippen LogP contribution is -2.24. The summed E-state index contributed by atoms with van der Waals surface area (Å²) in [6, 6.07) is 5.23. The van der Waals surface area contributed by atoms with E-state index in [9.17, 15) is 0 Å². The molecule has 1 aliphatic carbocycles. The van der Waals surface area contributed by atoms with Gasteiger partial charge in [0.2, 0.25) is 0 Å². The third-order valence-electron chi connectivity index (χ3n) is 6.82. The molecule has 1 aliphatic rings. The SMILES string of the molecule is CCc1sc(CCCc2cc(C)c(OCCCNC(C)C)c(C)c2)c2c1CC(C)(C)CC2. The van der Waals surface area contributed by atoms with E-state index in [1.807, 2.05) is 0 Å². The second-order valence-electron chi connectivity index (χ2n) is 10.8. The van der Waals surface area contributed by atoms with Crippen LogP contribution in [-0.2, 0) is 32.1 Å². The smallest absolute Gasteiger partial charge is 0.125 e. The molecular formula is C29H45NOS. The van der Waals surface area contributed by atoms with Crippen molar-refractivity contribution in [1.29, 1.82) is 0 Å². The standard InChI is InChI=1S/C29H45NOS/c1-8-26-25-19-29(6,7)14-13-24(25)27(32-26)12-9-11-23-17-21(4)28(22(5)18-23)31-16-10-15-30-20(2)3/h17-18,20,30H,8-16,19H2,1-7H3. The molecule has 1 aromatic heterocycles. The van der Waals surface area contributed by atoms with Crippen molar-refractivity contribution in [3.63, 3.8) is 0 Å². The second kappa shape index (κ2) is 11.2. The molecule has 3 rings (SSSR count). The zero-order valence-electron chi connectivity index (χ0n) is 21.6. The molecule has 178 valence electrons. The molecule has 0 radical (unpaired) electrons. The Morgan fingerprint density at radius 3 is 2.41 bits per heavy atom. The molecule has 0 saturated carbocycles. The van der Waals surface area contributed by atoms with Crippen LogP contribution >= 0.6 is 11.3 Å². The van der Waals surface area contributed by atoms with Gasteiger partial charge >= 0.3 is 0 Å². The number of benzene rings is 1. The molecule has 0 spiro atoms. The summed E-state index contributed by atoms with van der Waals surface area (Å²) in [6.45, 7) is 17.8. The Morgan fingerprint density at radius 1 is 1.03 bits per heavy atom. The van der Waals surface area contributed by atoms with Gasteiger partial charge in [-0.05, 0) is 105 Å². The first kappa shape index (κ1) is 25.3. The molecule has 1 heterocycles. The third kappa shape index (κ3) is 6.60. The largest absolute Gasteiger partial charge is 0.493 e. The fourth-order valence-electron chi connectivity index (χ4n) is 5.12. The van der Waals surface area contributed by atoms with E-state index < -0.39 is 0 Å². The molecule has 2 nitrogen and oxygen atoms in total. The highest BCUT2D eigenvalue weighted by molar-refractivity contribution is 7.12. The predicted octanol–water partition coefficient (Wildman–Crippen LogP) is 7.38. The summed E-state index contributed by atoms with van der Waals surface area (Å²) in [5.41, 5.74) is 7.91. The molecule has 0 saturated heterocycles. The predicted molar refractivity (Wildman–Crippen MR) is 141 cm³/mol. The van der Waals surface area contributed by atoms with Crippen LogP contribution in [0, 0.1) is 19.3 Å². The molecule has 2 aromatic rings. The second-order valence-corrected chi connectivity index (χ2v) is 12.0. The Hall–Kier alpha value is -1.32. The quantitative estimate of drug-likeness (QED) is 0.357. The summed E-state index contributed by atoms with van der Waals surface area (Å²) in [7, 11) is 0. The summed E-state index contributed by atoms with van der Waals surface area (Å²) in [4.78, 5) is 3.33. The average Bonchev–Trinajstić information content (AvgIpc) is 3.05. The summed E-state index contributed by atoms with van der Waals surface area (Å²) in [5, 5.41) is 3.46. The number of nitrogens with one attached hydrogen (secondary N) is 1. The minimum atomic E-state index is 0.471. The van der Waals surface area contributed by atoms with Gasteiger partial charge in [-0.1, -0.05) is 46.8 Å². The lowest BCUT2D eigenvalue weighted by molar-refractivity contribution is 0.302. The van der Waals surface area contributed by atoms with Crippen LogP contribution in [0.1, 0.15) is 91.5 Å². The van der Waals surface area contributed by atoms with Crippen molar-refractivity contribution < 1.29 is 4.74 Å². The lowest BCUT2D eigenvalue weighted by Gasteiger charge is -2.30. The number of rotatable bonds is 11. The molecule has 0 amide bonds. The van der Waals surface area contributed by atoms with Crippen molar-refractivity contribution in [2.24, 2.45) is 5.41 Å². The average molecular weight is 456 g/mol. The molecule has 0 bridgehead atoms. The van der Waals surface area contributed by atoms with Crippen molar-refractivity contribution in [2.75, 3.05) is 13.2 Å². The van der Waals surface area contributed by atoms with Gasteiger partial charge in [0.05, 0.1) is 6.61 Å². The maximum atomic E-state index is 6.13. The topological polar surface area (TPSA) is 21.3 Å². The van der Waals surface area contributed by atoms with Crippen molar-refractivity contribution in [3.05, 3.63) is 49.7 Å². The number of hydrogen-bond donors (Lipinski definition) is 1. The monoisotopic (exact) mass is 455 g/mol. The van der Waals surface area contributed by atoms with Crippen molar-refractivity contribution >= 4 is 11.3 Å². The van der Waals surface area contributed by atoms with Gasteiger partial charge in [-0.3, -0.25) is 0 Å². The summed E-state index contributed by atoms with van der Waals surface area (Å²) >= 11 is 2.11. The van der Waals surface area contributed by atoms with Crippen molar-refractivity contribution in [3.8, 4) is 5.75 Å². The van der Waals surface area contributed by atoms with Gasteiger partial charge in [0.1, 0.15) is 5.75 Å². The fraction of sp³-hybridized carbons (Fsp3) is 0.655. The van der Waals surface area contributed by atoms with Crippen LogP contribution in [0.5, 0.6) is 5.75 Å². The van der Waals surface area contributed by atoms with E-state index in [0.717, 1.165) is 31.7 Å². The maximum Gasteiger partial charge on any atom is 0.125 e. The molecule has 0 unspecified atom stereocenters. The van der Waals surface area contributed by atoms with Gasteiger partial charge < -0.3 is 10.1 Å².